The Bertz CT molecular complexity index is 615. The molecule has 114 valence electrons. The fourth-order valence-electron chi connectivity index (χ4n) is 3.16. The summed E-state index contributed by atoms with van der Waals surface area (Å²) in [6, 6.07) is 4.93. The SMILES string of the molecule is CCO[C@H]1CC[C@H](Cc2c(C)[nH]c3cc(F)ccc23)OC1. The molecule has 0 saturated carbocycles. The van der Waals surface area contributed by atoms with Gasteiger partial charge in [-0.15, -0.1) is 0 Å². The monoisotopic (exact) mass is 291 g/mol. The number of benzene rings is 1. The molecule has 0 amide bonds. The molecule has 1 fully saturated rings. The van der Waals surface area contributed by atoms with E-state index in [4.69, 9.17) is 9.47 Å². The molecule has 3 rings (SSSR count). The summed E-state index contributed by atoms with van der Waals surface area (Å²) in [5.41, 5.74) is 3.21. The van der Waals surface area contributed by atoms with Gasteiger partial charge in [0, 0.05) is 29.6 Å². The summed E-state index contributed by atoms with van der Waals surface area (Å²) in [6.45, 7) is 5.47. The van der Waals surface area contributed by atoms with Gasteiger partial charge >= 0.3 is 0 Å². The molecular formula is C17H22FNO2. The molecule has 0 radical (unpaired) electrons. The van der Waals surface area contributed by atoms with Crippen molar-refractivity contribution in [2.75, 3.05) is 13.2 Å². The number of aromatic nitrogens is 1. The van der Waals surface area contributed by atoms with Crippen LogP contribution in [0, 0.1) is 12.7 Å². The number of ether oxygens (including phenoxy) is 2. The lowest BCUT2D eigenvalue weighted by Crippen LogP contribution is -2.32. The van der Waals surface area contributed by atoms with Gasteiger partial charge in [-0.2, -0.15) is 0 Å². The van der Waals surface area contributed by atoms with Gasteiger partial charge in [-0.3, -0.25) is 0 Å². The zero-order valence-corrected chi connectivity index (χ0v) is 12.6. The van der Waals surface area contributed by atoms with Crippen molar-refractivity contribution >= 4 is 10.9 Å². The second-order valence-electron chi connectivity index (χ2n) is 5.73. The number of rotatable bonds is 4. The van der Waals surface area contributed by atoms with E-state index in [1.54, 1.807) is 6.07 Å². The molecule has 1 aromatic heterocycles. The first kappa shape index (κ1) is 14.5. The standard InChI is InChI=1S/C17H22FNO2/c1-3-20-14-6-5-13(21-10-14)9-16-11(2)19-17-8-12(18)4-7-15(16)17/h4,7-8,13-14,19H,3,5-6,9-10H2,1-2H3/t13-,14+/m1/s1. The van der Waals surface area contributed by atoms with Gasteiger partial charge < -0.3 is 14.5 Å². The summed E-state index contributed by atoms with van der Waals surface area (Å²) >= 11 is 0. The van der Waals surface area contributed by atoms with Crippen molar-refractivity contribution in [1.82, 2.24) is 4.98 Å². The summed E-state index contributed by atoms with van der Waals surface area (Å²) in [5, 5.41) is 1.10. The van der Waals surface area contributed by atoms with Crippen LogP contribution in [0.25, 0.3) is 10.9 Å². The summed E-state index contributed by atoms with van der Waals surface area (Å²) in [5.74, 6) is -0.205. The Morgan fingerprint density at radius 2 is 2.24 bits per heavy atom. The minimum Gasteiger partial charge on any atom is -0.376 e. The molecule has 21 heavy (non-hydrogen) atoms. The Hall–Kier alpha value is -1.39. The van der Waals surface area contributed by atoms with Crippen molar-refractivity contribution in [1.29, 1.82) is 0 Å². The average Bonchev–Trinajstić information content (AvgIpc) is 2.76. The number of hydrogen-bond acceptors (Lipinski definition) is 2. The fraction of sp³-hybridized carbons (Fsp3) is 0.529. The molecule has 0 bridgehead atoms. The van der Waals surface area contributed by atoms with Gasteiger partial charge in [-0.1, -0.05) is 0 Å². The highest BCUT2D eigenvalue weighted by atomic mass is 19.1. The third-order valence-electron chi connectivity index (χ3n) is 4.24. The molecule has 2 heterocycles. The van der Waals surface area contributed by atoms with Crippen LogP contribution in [0.15, 0.2) is 18.2 Å². The van der Waals surface area contributed by atoms with E-state index >= 15 is 0 Å². The predicted molar refractivity (Wildman–Crippen MR) is 81.1 cm³/mol. The number of aryl methyl sites for hydroxylation is 1. The van der Waals surface area contributed by atoms with E-state index < -0.39 is 0 Å². The molecule has 1 aromatic carbocycles. The number of fused-ring (bicyclic) bond motifs is 1. The first-order valence-electron chi connectivity index (χ1n) is 7.67. The summed E-state index contributed by atoms with van der Waals surface area (Å²) in [4.78, 5) is 3.27. The molecule has 0 spiro atoms. The molecular weight excluding hydrogens is 269 g/mol. The van der Waals surface area contributed by atoms with E-state index in [-0.39, 0.29) is 18.0 Å². The molecule has 1 saturated heterocycles. The van der Waals surface area contributed by atoms with Crippen molar-refractivity contribution in [2.24, 2.45) is 0 Å². The van der Waals surface area contributed by atoms with Gasteiger partial charge in [0.1, 0.15) is 5.82 Å². The topological polar surface area (TPSA) is 34.2 Å². The van der Waals surface area contributed by atoms with Gasteiger partial charge in [0.15, 0.2) is 0 Å². The van der Waals surface area contributed by atoms with Crippen molar-refractivity contribution < 1.29 is 13.9 Å². The van der Waals surface area contributed by atoms with E-state index in [2.05, 4.69) is 4.98 Å². The van der Waals surface area contributed by atoms with Gasteiger partial charge in [0.05, 0.1) is 18.8 Å². The Balaban J connectivity index is 1.72. The van der Waals surface area contributed by atoms with Gasteiger partial charge in [0.25, 0.3) is 0 Å². The molecule has 4 heteroatoms. The van der Waals surface area contributed by atoms with E-state index in [0.29, 0.717) is 6.61 Å². The van der Waals surface area contributed by atoms with Crippen LogP contribution >= 0.6 is 0 Å². The Morgan fingerprint density at radius 3 is 2.95 bits per heavy atom. The molecule has 1 N–H and O–H groups in total. The number of H-pyrrole nitrogens is 1. The molecule has 3 nitrogen and oxygen atoms in total. The van der Waals surface area contributed by atoms with Crippen LogP contribution in [0.5, 0.6) is 0 Å². The largest absolute Gasteiger partial charge is 0.376 e. The van der Waals surface area contributed by atoms with Gasteiger partial charge in [0.2, 0.25) is 0 Å². The number of halogens is 1. The Labute approximate surface area is 124 Å². The fourth-order valence-corrected chi connectivity index (χ4v) is 3.16. The van der Waals surface area contributed by atoms with Gasteiger partial charge in [-0.05, 0) is 50.5 Å². The molecule has 2 atom stereocenters. The van der Waals surface area contributed by atoms with Crippen LogP contribution < -0.4 is 0 Å². The van der Waals surface area contributed by atoms with Crippen molar-refractivity contribution in [3.05, 3.63) is 35.3 Å². The van der Waals surface area contributed by atoms with Crippen molar-refractivity contribution in [2.45, 2.75) is 45.3 Å². The van der Waals surface area contributed by atoms with E-state index in [1.807, 2.05) is 19.9 Å². The number of nitrogens with one attached hydrogen (secondary N) is 1. The molecule has 1 aliphatic heterocycles. The van der Waals surface area contributed by atoms with E-state index in [9.17, 15) is 4.39 Å². The van der Waals surface area contributed by atoms with Crippen LogP contribution in [0.4, 0.5) is 4.39 Å². The minimum atomic E-state index is -0.205. The quantitative estimate of drug-likeness (QED) is 0.931. The lowest BCUT2D eigenvalue weighted by molar-refractivity contribution is -0.0818. The second kappa shape index (κ2) is 6.16. The third-order valence-corrected chi connectivity index (χ3v) is 4.24. The first-order chi connectivity index (χ1) is 10.2. The van der Waals surface area contributed by atoms with E-state index in [1.165, 1.54) is 11.6 Å². The molecule has 0 aliphatic carbocycles. The van der Waals surface area contributed by atoms with E-state index in [0.717, 1.165) is 42.5 Å². The van der Waals surface area contributed by atoms with Crippen LogP contribution in [0.1, 0.15) is 31.0 Å². The summed E-state index contributed by atoms with van der Waals surface area (Å²) < 4.78 is 24.8. The van der Waals surface area contributed by atoms with Crippen LogP contribution in [0.3, 0.4) is 0 Å². The highest BCUT2D eigenvalue weighted by Gasteiger charge is 2.23. The molecule has 0 unspecified atom stereocenters. The number of aromatic amines is 1. The zero-order chi connectivity index (χ0) is 14.8. The maximum atomic E-state index is 13.3. The molecule has 2 aromatic rings. The summed E-state index contributed by atoms with van der Waals surface area (Å²) in [6.07, 6.45) is 3.40. The van der Waals surface area contributed by atoms with Crippen LogP contribution in [-0.2, 0) is 15.9 Å². The van der Waals surface area contributed by atoms with Crippen molar-refractivity contribution in [3.8, 4) is 0 Å². The lowest BCUT2D eigenvalue weighted by atomic mass is 9.98. The van der Waals surface area contributed by atoms with Crippen LogP contribution in [-0.4, -0.2) is 30.4 Å². The Kier molecular flexibility index (Phi) is 4.27. The normalized spacial score (nSPS) is 22.8. The smallest absolute Gasteiger partial charge is 0.125 e. The average molecular weight is 291 g/mol. The highest BCUT2D eigenvalue weighted by molar-refractivity contribution is 5.84. The lowest BCUT2D eigenvalue weighted by Gasteiger charge is -2.29. The highest BCUT2D eigenvalue weighted by Crippen LogP contribution is 2.27. The molecule has 1 aliphatic rings. The first-order valence-corrected chi connectivity index (χ1v) is 7.67. The Morgan fingerprint density at radius 1 is 1.38 bits per heavy atom. The summed E-state index contributed by atoms with van der Waals surface area (Å²) in [7, 11) is 0. The maximum absolute atomic E-state index is 13.3. The predicted octanol–water partition coefficient (Wildman–Crippen LogP) is 3.74. The minimum absolute atomic E-state index is 0.205. The third kappa shape index (κ3) is 3.11. The van der Waals surface area contributed by atoms with Crippen LogP contribution in [0.2, 0.25) is 0 Å². The number of hydrogen-bond donors (Lipinski definition) is 1. The van der Waals surface area contributed by atoms with Gasteiger partial charge in [-0.25, -0.2) is 4.39 Å². The maximum Gasteiger partial charge on any atom is 0.125 e. The second-order valence-corrected chi connectivity index (χ2v) is 5.73. The zero-order valence-electron chi connectivity index (χ0n) is 12.6. The van der Waals surface area contributed by atoms with Crippen molar-refractivity contribution in [3.63, 3.8) is 0 Å².